The summed E-state index contributed by atoms with van der Waals surface area (Å²) in [6, 6.07) is 3.50. The van der Waals surface area contributed by atoms with Gasteiger partial charge < -0.3 is 9.64 Å². The van der Waals surface area contributed by atoms with E-state index in [1.807, 2.05) is 4.90 Å². The van der Waals surface area contributed by atoms with Crippen molar-refractivity contribution in [2.75, 3.05) is 31.2 Å². The Morgan fingerprint density at radius 1 is 1.04 bits per heavy atom. The van der Waals surface area contributed by atoms with Crippen LogP contribution in [0.1, 0.15) is 16.8 Å². The van der Waals surface area contributed by atoms with Gasteiger partial charge in [0.2, 0.25) is 16.0 Å². The zero-order chi connectivity index (χ0) is 19.9. The summed E-state index contributed by atoms with van der Waals surface area (Å²) in [4.78, 5) is 10.6. The Morgan fingerprint density at radius 3 is 2.36 bits per heavy atom. The summed E-state index contributed by atoms with van der Waals surface area (Å²) >= 11 is 0. The number of aromatic nitrogens is 2. The second kappa shape index (κ2) is 6.98. The minimum atomic E-state index is -4.52. The molecule has 2 aromatic rings. The Morgan fingerprint density at radius 2 is 1.71 bits per heavy atom. The van der Waals surface area contributed by atoms with E-state index in [1.54, 1.807) is 6.20 Å². The van der Waals surface area contributed by atoms with Gasteiger partial charge in [0, 0.05) is 31.4 Å². The van der Waals surface area contributed by atoms with Crippen molar-refractivity contribution in [3.05, 3.63) is 47.3 Å². The lowest BCUT2D eigenvalue weighted by Crippen LogP contribution is -2.37. The Hall–Kier alpha value is -2.24. The molecule has 4 rings (SSSR count). The smallest absolute Gasteiger partial charge is 0.378 e. The zero-order valence-electron chi connectivity index (χ0n) is 14.7. The molecule has 1 fully saturated rings. The Bertz CT molecular complexity index is 974. The van der Waals surface area contributed by atoms with Crippen LogP contribution in [0.25, 0.3) is 0 Å². The SMILES string of the molecule is O=S(=O)(c1ccc(C(F)(F)F)cc1)N1Cc2cnc(N3CCOCC3)nc2C1. The quantitative estimate of drug-likeness (QED) is 0.765. The highest BCUT2D eigenvalue weighted by atomic mass is 32.2. The lowest BCUT2D eigenvalue weighted by Gasteiger charge is -2.26. The summed E-state index contributed by atoms with van der Waals surface area (Å²) in [5.41, 5.74) is 0.400. The van der Waals surface area contributed by atoms with E-state index < -0.39 is 21.8 Å². The first-order valence-electron chi connectivity index (χ1n) is 8.60. The molecule has 2 aliphatic heterocycles. The van der Waals surface area contributed by atoms with E-state index in [9.17, 15) is 21.6 Å². The van der Waals surface area contributed by atoms with Crippen LogP contribution in [-0.4, -0.2) is 49.0 Å². The number of benzene rings is 1. The minimum Gasteiger partial charge on any atom is -0.378 e. The lowest BCUT2D eigenvalue weighted by atomic mass is 10.2. The molecule has 1 saturated heterocycles. The summed E-state index contributed by atoms with van der Waals surface area (Å²) in [6.45, 7) is 2.61. The molecular weight excluding hydrogens is 397 g/mol. The first kappa shape index (κ1) is 19.1. The third-order valence-corrected chi connectivity index (χ3v) is 6.53. The van der Waals surface area contributed by atoms with E-state index in [2.05, 4.69) is 9.97 Å². The summed E-state index contributed by atoms with van der Waals surface area (Å²) in [5.74, 6) is 0.524. The van der Waals surface area contributed by atoms with Gasteiger partial charge in [-0.15, -0.1) is 0 Å². The van der Waals surface area contributed by atoms with Crippen LogP contribution in [-0.2, 0) is 34.0 Å². The molecule has 1 aromatic carbocycles. The van der Waals surface area contributed by atoms with Gasteiger partial charge in [0.05, 0.1) is 35.9 Å². The molecule has 0 saturated carbocycles. The predicted octanol–water partition coefficient (Wildman–Crippen LogP) is 2.04. The first-order valence-corrected chi connectivity index (χ1v) is 10.0. The molecule has 0 radical (unpaired) electrons. The largest absolute Gasteiger partial charge is 0.416 e. The maximum atomic E-state index is 12.8. The van der Waals surface area contributed by atoms with Crippen molar-refractivity contribution in [3.63, 3.8) is 0 Å². The number of hydrogen-bond acceptors (Lipinski definition) is 6. The number of alkyl halides is 3. The van der Waals surface area contributed by atoms with Crippen LogP contribution in [0.15, 0.2) is 35.4 Å². The topological polar surface area (TPSA) is 75.6 Å². The van der Waals surface area contributed by atoms with Crippen molar-refractivity contribution < 1.29 is 26.3 Å². The molecule has 0 unspecified atom stereocenters. The second-order valence-electron chi connectivity index (χ2n) is 6.54. The minimum absolute atomic E-state index is 0.0541. The van der Waals surface area contributed by atoms with Gasteiger partial charge >= 0.3 is 6.18 Å². The standard InChI is InChI=1S/C17H17F3N4O3S/c18-17(19,20)13-1-3-14(4-2-13)28(25,26)24-10-12-9-21-16(22-15(12)11-24)23-5-7-27-8-6-23/h1-4,9H,5-8,10-11H2. The lowest BCUT2D eigenvalue weighted by molar-refractivity contribution is -0.137. The highest BCUT2D eigenvalue weighted by Crippen LogP contribution is 2.32. The Labute approximate surface area is 159 Å². The van der Waals surface area contributed by atoms with Crippen LogP contribution in [0, 0.1) is 0 Å². The number of sulfonamides is 1. The van der Waals surface area contributed by atoms with Gasteiger partial charge in [-0.1, -0.05) is 0 Å². The number of fused-ring (bicyclic) bond motifs is 1. The molecule has 0 bridgehead atoms. The molecule has 28 heavy (non-hydrogen) atoms. The van der Waals surface area contributed by atoms with E-state index in [-0.39, 0.29) is 18.0 Å². The Balaban J connectivity index is 1.54. The molecule has 3 heterocycles. The van der Waals surface area contributed by atoms with E-state index in [4.69, 9.17) is 4.74 Å². The average molecular weight is 414 g/mol. The summed E-state index contributed by atoms with van der Waals surface area (Å²) < 4.78 is 70.2. The van der Waals surface area contributed by atoms with Crippen molar-refractivity contribution in [1.82, 2.24) is 14.3 Å². The van der Waals surface area contributed by atoms with Crippen LogP contribution < -0.4 is 4.90 Å². The van der Waals surface area contributed by atoms with E-state index >= 15 is 0 Å². The molecular formula is C17H17F3N4O3S. The number of nitrogens with zero attached hydrogens (tertiary/aromatic N) is 4. The fourth-order valence-electron chi connectivity index (χ4n) is 3.16. The van der Waals surface area contributed by atoms with E-state index in [0.717, 1.165) is 24.3 Å². The van der Waals surface area contributed by atoms with Crippen molar-refractivity contribution >= 4 is 16.0 Å². The third-order valence-electron chi connectivity index (χ3n) is 4.73. The molecule has 0 amide bonds. The molecule has 0 spiro atoms. The summed E-state index contributed by atoms with van der Waals surface area (Å²) in [6.07, 6.45) is -2.91. The molecule has 1 aromatic heterocycles. The van der Waals surface area contributed by atoms with Crippen LogP contribution in [0.3, 0.4) is 0 Å². The second-order valence-corrected chi connectivity index (χ2v) is 8.47. The summed E-state index contributed by atoms with van der Waals surface area (Å²) in [5, 5.41) is 0. The fraction of sp³-hybridized carbons (Fsp3) is 0.412. The van der Waals surface area contributed by atoms with Crippen molar-refractivity contribution in [3.8, 4) is 0 Å². The highest BCUT2D eigenvalue weighted by molar-refractivity contribution is 7.89. The predicted molar refractivity (Wildman–Crippen MR) is 92.9 cm³/mol. The number of halogens is 3. The molecule has 0 atom stereocenters. The van der Waals surface area contributed by atoms with Gasteiger partial charge in [-0.25, -0.2) is 18.4 Å². The number of ether oxygens (including phenoxy) is 1. The monoisotopic (exact) mass is 414 g/mol. The van der Waals surface area contributed by atoms with Crippen LogP contribution >= 0.6 is 0 Å². The first-order chi connectivity index (χ1) is 13.2. The zero-order valence-corrected chi connectivity index (χ0v) is 15.5. The Kier molecular flexibility index (Phi) is 4.76. The van der Waals surface area contributed by atoms with Crippen LogP contribution in [0.4, 0.5) is 19.1 Å². The highest BCUT2D eigenvalue weighted by Gasteiger charge is 2.34. The van der Waals surface area contributed by atoms with Crippen LogP contribution in [0.5, 0.6) is 0 Å². The van der Waals surface area contributed by atoms with Gasteiger partial charge in [0.1, 0.15) is 0 Å². The number of rotatable bonds is 3. The van der Waals surface area contributed by atoms with E-state index in [1.165, 1.54) is 4.31 Å². The molecule has 150 valence electrons. The third kappa shape index (κ3) is 3.56. The number of morpholine rings is 1. The van der Waals surface area contributed by atoms with E-state index in [0.29, 0.717) is 43.5 Å². The molecule has 11 heteroatoms. The van der Waals surface area contributed by atoms with Crippen molar-refractivity contribution in [1.29, 1.82) is 0 Å². The van der Waals surface area contributed by atoms with Gasteiger partial charge in [0.15, 0.2) is 0 Å². The molecule has 2 aliphatic rings. The normalized spacial score (nSPS) is 18.3. The number of anilines is 1. The van der Waals surface area contributed by atoms with Crippen LogP contribution in [0.2, 0.25) is 0 Å². The molecule has 7 nitrogen and oxygen atoms in total. The average Bonchev–Trinajstić information content (AvgIpc) is 3.12. The van der Waals surface area contributed by atoms with Gasteiger partial charge in [-0.3, -0.25) is 0 Å². The maximum Gasteiger partial charge on any atom is 0.416 e. The molecule has 0 aliphatic carbocycles. The van der Waals surface area contributed by atoms with Gasteiger partial charge in [-0.05, 0) is 24.3 Å². The summed E-state index contributed by atoms with van der Waals surface area (Å²) in [7, 11) is -3.94. The number of hydrogen-bond donors (Lipinski definition) is 0. The molecule has 0 N–H and O–H groups in total. The van der Waals surface area contributed by atoms with Gasteiger partial charge in [-0.2, -0.15) is 17.5 Å². The van der Waals surface area contributed by atoms with Gasteiger partial charge in [0.25, 0.3) is 0 Å². The fourth-order valence-corrected chi connectivity index (χ4v) is 4.54. The van der Waals surface area contributed by atoms with Crippen molar-refractivity contribution in [2.45, 2.75) is 24.2 Å². The maximum absolute atomic E-state index is 12.8. The van der Waals surface area contributed by atoms with Crippen molar-refractivity contribution in [2.24, 2.45) is 0 Å².